The maximum atomic E-state index is 12.1. The Bertz CT molecular complexity index is 436. The number of rotatable bonds is 4. The van der Waals surface area contributed by atoms with E-state index < -0.39 is 0 Å². The Labute approximate surface area is 128 Å². The standard InChI is InChI=1S/C15H21IN2O/c16-13-6-3-4-11(8-13)9-15(19)18-14-7-2-1-5-12(14)10-17/h3-4,6,8,12,14H,1-2,5,7,9-10,17H2,(H,18,19). The molecule has 1 aromatic carbocycles. The maximum absolute atomic E-state index is 12.1. The second-order valence-corrected chi connectivity index (χ2v) is 6.51. The molecular formula is C15H21IN2O. The zero-order valence-corrected chi connectivity index (χ0v) is 13.2. The van der Waals surface area contributed by atoms with Gasteiger partial charge in [-0.15, -0.1) is 0 Å². The van der Waals surface area contributed by atoms with Gasteiger partial charge in [-0.1, -0.05) is 25.0 Å². The summed E-state index contributed by atoms with van der Waals surface area (Å²) in [7, 11) is 0. The van der Waals surface area contributed by atoms with Gasteiger partial charge < -0.3 is 11.1 Å². The summed E-state index contributed by atoms with van der Waals surface area (Å²) in [6, 6.07) is 8.36. The quantitative estimate of drug-likeness (QED) is 0.798. The van der Waals surface area contributed by atoms with E-state index in [0.717, 1.165) is 18.4 Å². The number of amides is 1. The first-order valence-electron chi connectivity index (χ1n) is 6.93. The second-order valence-electron chi connectivity index (χ2n) is 5.26. The number of nitrogens with one attached hydrogen (secondary N) is 1. The Balaban J connectivity index is 1.90. The summed E-state index contributed by atoms with van der Waals surface area (Å²) in [5.41, 5.74) is 6.86. The molecular weight excluding hydrogens is 351 g/mol. The number of carbonyl (C=O) groups excluding carboxylic acids is 1. The van der Waals surface area contributed by atoms with Crippen molar-refractivity contribution < 1.29 is 4.79 Å². The lowest BCUT2D eigenvalue weighted by molar-refractivity contribution is -0.121. The summed E-state index contributed by atoms with van der Waals surface area (Å²) < 4.78 is 1.17. The molecule has 1 aromatic rings. The molecule has 19 heavy (non-hydrogen) atoms. The van der Waals surface area contributed by atoms with E-state index in [1.54, 1.807) is 0 Å². The Kier molecular flexibility index (Phi) is 5.63. The van der Waals surface area contributed by atoms with Crippen LogP contribution in [0.4, 0.5) is 0 Å². The summed E-state index contributed by atoms with van der Waals surface area (Å²) in [4.78, 5) is 12.1. The highest BCUT2D eigenvalue weighted by Crippen LogP contribution is 2.23. The molecule has 3 nitrogen and oxygen atoms in total. The van der Waals surface area contributed by atoms with Crippen molar-refractivity contribution in [1.29, 1.82) is 0 Å². The topological polar surface area (TPSA) is 55.1 Å². The highest BCUT2D eigenvalue weighted by Gasteiger charge is 2.25. The van der Waals surface area contributed by atoms with Crippen LogP contribution in [0.2, 0.25) is 0 Å². The molecule has 1 amide bonds. The Hall–Kier alpha value is -0.620. The highest BCUT2D eigenvalue weighted by molar-refractivity contribution is 14.1. The van der Waals surface area contributed by atoms with Gasteiger partial charge in [-0.05, 0) is 65.6 Å². The number of benzene rings is 1. The molecule has 0 aromatic heterocycles. The van der Waals surface area contributed by atoms with Crippen molar-refractivity contribution in [3.8, 4) is 0 Å². The summed E-state index contributed by atoms with van der Waals surface area (Å²) in [5.74, 6) is 0.570. The third-order valence-electron chi connectivity index (χ3n) is 3.81. The molecule has 0 spiro atoms. The molecule has 0 bridgehead atoms. The Morgan fingerprint density at radius 2 is 2.16 bits per heavy atom. The molecule has 0 saturated heterocycles. The van der Waals surface area contributed by atoms with Crippen LogP contribution in [0.25, 0.3) is 0 Å². The van der Waals surface area contributed by atoms with E-state index in [9.17, 15) is 4.79 Å². The molecule has 1 fully saturated rings. The molecule has 0 radical (unpaired) electrons. The smallest absolute Gasteiger partial charge is 0.224 e. The normalized spacial score (nSPS) is 23.1. The van der Waals surface area contributed by atoms with Gasteiger partial charge in [0.2, 0.25) is 5.91 Å². The monoisotopic (exact) mass is 372 g/mol. The van der Waals surface area contributed by atoms with Crippen LogP contribution in [0.5, 0.6) is 0 Å². The average Bonchev–Trinajstić information content (AvgIpc) is 2.39. The average molecular weight is 372 g/mol. The molecule has 1 aliphatic rings. The van der Waals surface area contributed by atoms with Gasteiger partial charge in [-0.25, -0.2) is 0 Å². The van der Waals surface area contributed by atoms with Gasteiger partial charge in [0, 0.05) is 9.61 Å². The van der Waals surface area contributed by atoms with Crippen molar-refractivity contribution in [3.05, 3.63) is 33.4 Å². The molecule has 0 heterocycles. The second kappa shape index (κ2) is 7.24. The van der Waals surface area contributed by atoms with E-state index in [1.807, 2.05) is 18.2 Å². The van der Waals surface area contributed by atoms with E-state index >= 15 is 0 Å². The first-order chi connectivity index (χ1) is 9.19. The number of hydrogen-bond acceptors (Lipinski definition) is 2. The van der Waals surface area contributed by atoms with Crippen molar-refractivity contribution in [3.63, 3.8) is 0 Å². The predicted octanol–water partition coefficient (Wildman–Crippen LogP) is 2.47. The number of nitrogens with two attached hydrogens (primary N) is 1. The van der Waals surface area contributed by atoms with Crippen LogP contribution < -0.4 is 11.1 Å². The fourth-order valence-corrected chi connectivity index (χ4v) is 3.38. The van der Waals surface area contributed by atoms with Crippen molar-refractivity contribution in [2.75, 3.05) is 6.54 Å². The highest BCUT2D eigenvalue weighted by atomic mass is 127. The van der Waals surface area contributed by atoms with Gasteiger partial charge in [0.05, 0.1) is 6.42 Å². The summed E-state index contributed by atoms with van der Waals surface area (Å²) in [5, 5.41) is 3.17. The summed E-state index contributed by atoms with van der Waals surface area (Å²) in [6.45, 7) is 0.675. The van der Waals surface area contributed by atoms with Crippen LogP contribution >= 0.6 is 22.6 Å². The van der Waals surface area contributed by atoms with Gasteiger partial charge in [0.1, 0.15) is 0 Å². The molecule has 0 aliphatic heterocycles. The van der Waals surface area contributed by atoms with Crippen LogP contribution in [0.3, 0.4) is 0 Å². The van der Waals surface area contributed by atoms with Crippen molar-refractivity contribution in [2.24, 2.45) is 11.7 Å². The van der Waals surface area contributed by atoms with E-state index in [4.69, 9.17) is 5.73 Å². The fraction of sp³-hybridized carbons (Fsp3) is 0.533. The minimum absolute atomic E-state index is 0.118. The number of hydrogen-bond donors (Lipinski definition) is 2. The zero-order valence-electron chi connectivity index (χ0n) is 11.1. The molecule has 104 valence electrons. The van der Waals surface area contributed by atoms with Crippen LogP contribution in [0.1, 0.15) is 31.2 Å². The van der Waals surface area contributed by atoms with Crippen molar-refractivity contribution in [1.82, 2.24) is 5.32 Å². The summed E-state index contributed by atoms with van der Waals surface area (Å²) >= 11 is 2.27. The predicted molar refractivity (Wildman–Crippen MR) is 85.8 cm³/mol. The van der Waals surface area contributed by atoms with Gasteiger partial charge >= 0.3 is 0 Å². The minimum atomic E-state index is 0.118. The molecule has 1 saturated carbocycles. The first kappa shape index (κ1) is 14.8. The van der Waals surface area contributed by atoms with Gasteiger partial charge in [0.15, 0.2) is 0 Å². The lowest BCUT2D eigenvalue weighted by Gasteiger charge is -2.31. The van der Waals surface area contributed by atoms with Crippen LogP contribution in [0.15, 0.2) is 24.3 Å². The van der Waals surface area contributed by atoms with Gasteiger partial charge in [0.25, 0.3) is 0 Å². The molecule has 1 aliphatic carbocycles. The van der Waals surface area contributed by atoms with Crippen molar-refractivity contribution in [2.45, 2.75) is 38.1 Å². The summed E-state index contributed by atoms with van der Waals surface area (Å²) in [6.07, 6.45) is 5.12. The lowest BCUT2D eigenvalue weighted by atomic mass is 9.84. The Morgan fingerprint density at radius 3 is 2.89 bits per heavy atom. The van der Waals surface area contributed by atoms with E-state index in [0.29, 0.717) is 18.9 Å². The van der Waals surface area contributed by atoms with Gasteiger partial charge in [-0.2, -0.15) is 0 Å². The third kappa shape index (κ3) is 4.45. The molecule has 2 atom stereocenters. The fourth-order valence-electron chi connectivity index (χ4n) is 2.77. The van der Waals surface area contributed by atoms with Crippen LogP contribution in [-0.2, 0) is 11.2 Å². The third-order valence-corrected chi connectivity index (χ3v) is 4.48. The number of carbonyl (C=O) groups is 1. The molecule has 2 unspecified atom stereocenters. The van der Waals surface area contributed by atoms with E-state index in [-0.39, 0.29) is 11.9 Å². The number of halogens is 1. The van der Waals surface area contributed by atoms with Crippen LogP contribution in [-0.4, -0.2) is 18.5 Å². The van der Waals surface area contributed by atoms with E-state index in [2.05, 4.69) is 34.0 Å². The molecule has 2 rings (SSSR count). The van der Waals surface area contributed by atoms with Gasteiger partial charge in [-0.3, -0.25) is 4.79 Å². The minimum Gasteiger partial charge on any atom is -0.353 e. The largest absolute Gasteiger partial charge is 0.353 e. The van der Waals surface area contributed by atoms with E-state index in [1.165, 1.54) is 16.4 Å². The molecule has 4 heteroatoms. The Morgan fingerprint density at radius 1 is 1.37 bits per heavy atom. The lowest BCUT2D eigenvalue weighted by Crippen LogP contribution is -2.45. The van der Waals surface area contributed by atoms with Crippen molar-refractivity contribution >= 4 is 28.5 Å². The van der Waals surface area contributed by atoms with Crippen LogP contribution in [0, 0.1) is 9.49 Å². The zero-order chi connectivity index (χ0) is 13.7. The maximum Gasteiger partial charge on any atom is 0.224 e. The molecule has 3 N–H and O–H groups in total. The first-order valence-corrected chi connectivity index (χ1v) is 8.01. The SMILES string of the molecule is NCC1CCCCC1NC(=O)Cc1cccc(I)c1.